The smallest absolute Gasteiger partial charge is 0.217 e. The van der Waals surface area contributed by atoms with Crippen molar-refractivity contribution in [2.24, 2.45) is 0 Å². The molecular weight excluding hydrogens is 308 g/mol. The highest BCUT2D eigenvalue weighted by atomic mass is 32.1. The van der Waals surface area contributed by atoms with Crippen molar-refractivity contribution in [2.75, 3.05) is 6.54 Å². The Bertz CT molecular complexity index is 671. The maximum absolute atomic E-state index is 11.2. The standard InChI is InChI=1S/C17H22N4OS/c1-12-18-8-15(9-19-13(2)22)17(20-12)16-4-3-6-21(16)10-14-5-7-23-11-14/h5,7-8,11,16H,3-4,6,9-10H2,1-2H3,(H,19,22)/t16-/m1/s1. The molecule has 1 atom stereocenters. The topological polar surface area (TPSA) is 58.1 Å². The second-order valence-corrected chi connectivity index (χ2v) is 6.78. The van der Waals surface area contributed by atoms with Gasteiger partial charge in [-0.05, 0) is 48.7 Å². The number of aryl methyl sites for hydroxylation is 1. The van der Waals surface area contributed by atoms with Crippen LogP contribution in [0.3, 0.4) is 0 Å². The second-order valence-electron chi connectivity index (χ2n) is 6.00. The van der Waals surface area contributed by atoms with E-state index >= 15 is 0 Å². The quantitative estimate of drug-likeness (QED) is 0.916. The molecule has 122 valence electrons. The van der Waals surface area contributed by atoms with Crippen LogP contribution in [0, 0.1) is 6.92 Å². The predicted molar refractivity (Wildman–Crippen MR) is 91.0 cm³/mol. The maximum Gasteiger partial charge on any atom is 0.217 e. The van der Waals surface area contributed by atoms with Crippen LogP contribution >= 0.6 is 11.3 Å². The van der Waals surface area contributed by atoms with Crippen molar-refractivity contribution in [3.63, 3.8) is 0 Å². The van der Waals surface area contributed by atoms with Crippen molar-refractivity contribution in [1.29, 1.82) is 0 Å². The van der Waals surface area contributed by atoms with Gasteiger partial charge in [0.15, 0.2) is 0 Å². The van der Waals surface area contributed by atoms with Crippen LogP contribution in [0.25, 0.3) is 0 Å². The van der Waals surface area contributed by atoms with Gasteiger partial charge < -0.3 is 5.32 Å². The molecule has 1 aliphatic heterocycles. The van der Waals surface area contributed by atoms with Crippen LogP contribution in [0.2, 0.25) is 0 Å². The van der Waals surface area contributed by atoms with E-state index in [0.717, 1.165) is 36.6 Å². The van der Waals surface area contributed by atoms with E-state index in [9.17, 15) is 4.79 Å². The Hall–Kier alpha value is -1.79. The first-order chi connectivity index (χ1) is 11.1. The number of carbonyl (C=O) groups is 1. The van der Waals surface area contributed by atoms with Crippen molar-refractivity contribution in [3.8, 4) is 0 Å². The number of thiophene rings is 1. The van der Waals surface area contributed by atoms with E-state index < -0.39 is 0 Å². The van der Waals surface area contributed by atoms with Crippen LogP contribution in [-0.2, 0) is 17.9 Å². The Kier molecular flexibility index (Phi) is 5.03. The van der Waals surface area contributed by atoms with Gasteiger partial charge in [0.25, 0.3) is 0 Å². The molecule has 1 fully saturated rings. The van der Waals surface area contributed by atoms with Gasteiger partial charge in [-0.25, -0.2) is 9.97 Å². The fraction of sp³-hybridized carbons (Fsp3) is 0.471. The fourth-order valence-corrected chi connectivity index (χ4v) is 3.76. The number of aromatic nitrogens is 2. The fourth-order valence-electron chi connectivity index (χ4n) is 3.10. The lowest BCUT2D eigenvalue weighted by Crippen LogP contribution is -2.26. The molecule has 1 amide bonds. The summed E-state index contributed by atoms with van der Waals surface area (Å²) in [6, 6.07) is 2.49. The van der Waals surface area contributed by atoms with Crippen molar-refractivity contribution in [3.05, 3.63) is 45.7 Å². The largest absolute Gasteiger partial charge is 0.352 e. The molecule has 5 nitrogen and oxygen atoms in total. The summed E-state index contributed by atoms with van der Waals surface area (Å²) in [6.45, 7) is 5.99. The number of nitrogens with zero attached hydrogens (tertiary/aromatic N) is 3. The van der Waals surface area contributed by atoms with Crippen LogP contribution in [0.4, 0.5) is 0 Å². The lowest BCUT2D eigenvalue weighted by Gasteiger charge is -2.25. The van der Waals surface area contributed by atoms with Crippen LogP contribution in [0.15, 0.2) is 23.0 Å². The lowest BCUT2D eigenvalue weighted by molar-refractivity contribution is -0.119. The Morgan fingerprint density at radius 3 is 3.13 bits per heavy atom. The first kappa shape index (κ1) is 16.1. The molecule has 3 rings (SSSR count). The van der Waals surface area contributed by atoms with Gasteiger partial charge in [0, 0.05) is 31.8 Å². The molecule has 0 unspecified atom stereocenters. The molecule has 1 saturated heterocycles. The molecular formula is C17H22N4OS. The van der Waals surface area contributed by atoms with Crippen LogP contribution in [0.1, 0.15) is 48.5 Å². The Balaban J connectivity index is 1.83. The average Bonchev–Trinajstić information content (AvgIpc) is 3.18. The van der Waals surface area contributed by atoms with E-state index in [1.165, 1.54) is 18.9 Å². The molecule has 0 spiro atoms. The molecule has 1 aliphatic rings. The maximum atomic E-state index is 11.2. The predicted octanol–water partition coefficient (Wildman–Crippen LogP) is 2.82. The van der Waals surface area contributed by atoms with E-state index in [1.807, 2.05) is 13.1 Å². The average molecular weight is 330 g/mol. The van der Waals surface area contributed by atoms with Gasteiger partial charge in [-0.2, -0.15) is 11.3 Å². The third-order valence-corrected chi connectivity index (χ3v) is 4.92. The van der Waals surface area contributed by atoms with Crippen LogP contribution in [-0.4, -0.2) is 27.3 Å². The highest BCUT2D eigenvalue weighted by Gasteiger charge is 2.29. The number of hydrogen-bond acceptors (Lipinski definition) is 5. The molecule has 23 heavy (non-hydrogen) atoms. The van der Waals surface area contributed by atoms with Crippen molar-refractivity contribution in [2.45, 2.75) is 45.8 Å². The summed E-state index contributed by atoms with van der Waals surface area (Å²) in [5.41, 5.74) is 3.45. The molecule has 0 bridgehead atoms. The Morgan fingerprint density at radius 2 is 2.39 bits per heavy atom. The molecule has 0 saturated carbocycles. The molecule has 1 N–H and O–H groups in total. The molecule has 0 radical (unpaired) electrons. The molecule has 3 heterocycles. The van der Waals surface area contributed by atoms with E-state index in [0.29, 0.717) is 12.6 Å². The van der Waals surface area contributed by atoms with Gasteiger partial charge in [0.1, 0.15) is 5.82 Å². The van der Waals surface area contributed by atoms with E-state index in [-0.39, 0.29) is 5.91 Å². The molecule has 0 aliphatic carbocycles. The van der Waals surface area contributed by atoms with E-state index in [1.54, 1.807) is 11.3 Å². The zero-order valence-corrected chi connectivity index (χ0v) is 14.4. The van der Waals surface area contributed by atoms with Gasteiger partial charge in [-0.3, -0.25) is 9.69 Å². The van der Waals surface area contributed by atoms with Crippen LogP contribution in [0.5, 0.6) is 0 Å². The third-order valence-electron chi connectivity index (χ3n) is 4.19. The second kappa shape index (κ2) is 7.19. The van der Waals surface area contributed by atoms with Crippen molar-refractivity contribution >= 4 is 17.2 Å². The molecule has 2 aromatic rings. The zero-order valence-electron chi connectivity index (χ0n) is 13.6. The molecule has 6 heteroatoms. The summed E-state index contributed by atoms with van der Waals surface area (Å²) in [5, 5.41) is 7.20. The van der Waals surface area contributed by atoms with Gasteiger partial charge in [-0.15, -0.1) is 0 Å². The number of amides is 1. The van der Waals surface area contributed by atoms with Crippen LogP contribution < -0.4 is 5.32 Å². The molecule has 2 aromatic heterocycles. The monoisotopic (exact) mass is 330 g/mol. The summed E-state index contributed by atoms with van der Waals surface area (Å²) in [6.07, 6.45) is 4.14. The summed E-state index contributed by atoms with van der Waals surface area (Å²) >= 11 is 1.74. The normalized spacial score (nSPS) is 18.3. The minimum atomic E-state index is -0.0296. The zero-order chi connectivity index (χ0) is 16.2. The van der Waals surface area contributed by atoms with Crippen molar-refractivity contribution in [1.82, 2.24) is 20.2 Å². The van der Waals surface area contributed by atoms with Gasteiger partial charge in [0.05, 0.1) is 11.7 Å². The van der Waals surface area contributed by atoms with E-state index in [4.69, 9.17) is 4.98 Å². The highest BCUT2D eigenvalue weighted by molar-refractivity contribution is 7.07. The van der Waals surface area contributed by atoms with Gasteiger partial charge in [-0.1, -0.05) is 0 Å². The third kappa shape index (κ3) is 3.95. The summed E-state index contributed by atoms with van der Waals surface area (Å²) in [4.78, 5) is 22.7. The minimum Gasteiger partial charge on any atom is -0.352 e. The number of rotatable bonds is 5. The number of likely N-dealkylation sites (tertiary alicyclic amines) is 1. The summed E-state index contributed by atoms with van der Waals surface area (Å²) in [5.74, 6) is 0.757. The minimum absolute atomic E-state index is 0.0296. The van der Waals surface area contributed by atoms with Crippen molar-refractivity contribution < 1.29 is 4.79 Å². The number of carbonyl (C=O) groups excluding carboxylic acids is 1. The number of nitrogens with one attached hydrogen (secondary N) is 1. The summed E-state index contributed by atoms with van der Waals surface area (Å²) < 4.78 is 0. The Morgan fingerprint density at radius 1 is 1.52 bits per heavy atom. The lowest BCUT2D eigenvalue weighted by atomic mass is 10.1. The SMILES string of the molecule is CC(=O)NCc1cnc(C)nc1[C@H]1CCCN1Cc1ccsc1. The first-order valence-corrected chi connectivity index (χ1v) is 8.89. The summed E-state index contributed by atoms with van der Waals surface area (Å²) in [7, 11) is 0. The highest BCUT2D eigenvalue weighted by Crippen LogP contribution is 2.34. The van der Waals surface area contributed by atoms with E-state index in [2.05, 4.69) is 32.0 Å². The Labute approximate surface area is 140 Å². The molecule has 0 aromatic carbocycles. The number of hydrogen-bond donors (Lipinski definition) is 1. The van der Waals surface area contributed by atoms with Gasteiger partial charge >= 0.3 is 0 Å². The van der Waals surface area contributed by atoms with Gasteiger partial charge in [0.2, 0.25) is 5.91 Å². The first-order valence-electron chi connectivity index (χ1n) is 7.95.